The Labute approximate surface area is 250 Å². The van der Waals surface area contributed by atoms with Crippen LogP contribution in [0, 0.1) is 35.5 Å². The van der Waals surface area contributed by atoms with E-state index in [9.17, 15) is 46.1 Å². The van der Waals surface area contributed by atoms with Gasteiger partial charge in [-0.05, 0) is 108 Å². The molecule has 4 fully saturated rings. The maximum atomic E-state index is 12.6. The molecule has 0 aromatic rings. The Morgan fingerprint density at radius 3 is 1.37 bits per heavy atom. The lowest BCUT2D eigenvalue weighted by atomic mass is 9.77. The molecular formula is C31H48F6O6. The monoisotopic (exact) mass is 630 g/mol. The van der Waals surface area contributed by atoms with Gasteiger partial charge in [-0.25, -0.2) is 9.59 Å². The first kappa shape index (κ1) is 38.9. The molecule has 4 aliphatic rings. The molecule has 4 rings (SSSR count). The highest BCUT2D eigenvalue weighted by Crippen LogP contribution is 2.55. The molecule has 0 saturated heterocycles. The van der Waals surface area contributed by atoms with Crippen molar-refractivity contribution in [3.05, 3.63) is 24.3 Å². The summed E-state index contributed by atoms with van der Waals surface area (Å²) in [7, 11) is 2.66. The van der Waals surface area contributed by atoms with Gasteiger partial charge in [0.1, 0.15) is 0 Å². The average Bonchev–Trinajstić information content (AvgIpc) is 3.70. The third-order valence-corrected chi connectivity index (χ3v) is 9.26. The van der Waals surface area contributed by atoms with Gasteiger partial charge in [-0.15, -0.1) is 0 Å². The van der Waals surface area contributed by atoms with E-state index in [1.165, 1.54) is 20.6 Å². The first-order valence-corrected chi connectivity index (χ1v) is 14.5. The molecule has 0 amide bonds. The van der Waals surface area contributed by atoms with E-state index in [1.807, 2.05) is 0 Å². The van der Waals surface area contributed by atoms with Gasteiger partial charge >= 0.3 is 24.3 Å². The average molecular weight is 631 g/mol. The molecule has 0 heterocycles. The molecule has 4 bridgehead atoms. The van der Waals surface area contributed by atoms with Crippen LogP contribution in [0.1, 0.15) is 85.5 Å². The minimum atomic E-state index is -4.49. The Morgan fingerprint density at radius 2 is 1.14 bits per heavy atom. The molecular weight excluding hydrogens is 582 g/mol. The number of carbonyl (C=O) groups excluding carboxylic acids is 2. The van der Waals surface area contributed by atoms with Gasteiger partial charge in [0.15, 0.2) is 11.2 Å². The number of hydrogen-bond acceptors (Lipinski definition) is 6. The number of rotatable bonds is 5. The lowest BCUT2D eigenvalue weighted by Crippen LogP contribution is -2.50. The summed E-state index contributed by atoms with van der Waals surface area (Å²) in [5, 5.41) is 19.0. The van der Waals surface area contributed by atoms with Crippen LogP contribution in [0.15, 0.2) is 24.3 Å². The van der Waals surface area contributed by atoms with Gasteiger partial charge in [0.25, 0.3) is 0 Å². The molecule has 4 aliphatic carbocycles. The van der Waals surface area contributed by atoms with E-state index in [-0.39, 0.29) is 30.2 Å². The molecule has 0 aromatic heterocycles. The van der Waals surface area contributed by atoms with Crippen LogP contribution in [-0.4, -0.2) is 59.9 Å². The Balaban J connectivity index is 0.000000306. The highest BCUT2D eigenvalue weighted by Gasteiger charge is 2.60. The van der Waals surface area contributed by atoms with Crippen molar-refractivity contribution in [3.63, 3.8) is 0 Å². The summed E-state index contributed by atoms with van der Waals surface area (Å²) in [5.74, 6) is 0.407. The van der Waals surface area contributed by atoms with Crippen molar-refractivity contribution in [3.8, 4) is 0 Å². The van der Waals surface area contributed by atoms with Crippen molar-refractivity contribution in [2.24, 2.45) is 35.5 Å². The van der Waals surface area contributed by atoms with Gasteiger partial charge in [0, 0.05) is 11.1 Å². The van der Waals surface area contributed by atoms with Crippen molar-refractivity contribution in [1.29, 1.82) is 0 Å². The Morgan fingerprint density at radius 1 is 0.721 bits per heavy atom. The number of halogens is 6. The predicted octanol–water partition coefficient (Wildman–Crippen LogP) is 7.33. The summed E-state index contributed by atoms with van der Waals surface area (Å²) in [4.78, 5) is 20.4. The molecule has 8 unspecified atom stereocenters. The Kier molecular flexibility index (Phi) is 13.8. The number of ether oxygens (including phenoxy) is 2. The van der Waals surface area contributed by atoms with Crippen molar-refractivity contribution in [2.45, 2.75) is 109 Å². The molecule has 6 nitrogen and oxygen atoms in total. The number of aliphatic hydroxyl groups is 2. The first-order chi connectivity index (χ1) is 19.5. The van der Waals surface area contributed by atoms with E-state index in [4.69, 9.17) is 0 Å². The minimum Gasteiger partial charge on any atom is -0.466 e. The van der Waals surface area contributed by atoms with E-state index >= 15 is 0 Å². The highest BCUT2D eigenvalue weighted by atomic mass is 19.4. The maximum absolute atomic E-state index is 12.6. The standard InChI is InChI=1S/C11H17F3O.C10H15F3O.2C5H8O2/c1-10(15,11(12,13)14)6-9-5-7-2-3-8(9)4-7;1-9(14,10(11,12)13)8-5-6-2-3-7(8)4-6;2*1-4(2)5(6)7-3/h7-9,15H,2-6H2,1H3;6-8,14H,2-5H2,1H3;2*1H2,2-3H3. The molecule has 12 heteroatoms. The van der Waals surface area contributed by atoms with Gasteiger partial charge in [-0.1, -0.05) is 26.0 Å². The van der Waals surface area contributed by atoms with Gasteiger partial charge in [-0.2, -0.15) is 26.3 Å². The number of alkyl halides is 6. The van der Waals surface area contributed by atoms with Crippen molar-refractivity contribution < 1.29 is 55.6 Å². The summed E-state index contributed by atoms with van der Waals surface area (Å²) in [5.41, 5.74) is -4.11. The maximum Gasteiger partial charge on any atom is 0.417 e. The fourth-order valence-electron chi connectivity index (χ4n) is 6.74. The summed E-state index contributed by atoms with van der Waals surface area (Å²) < 4.78 is 83.7. The number of fused-ring (bicyclic) bond motifs is 4. The van der Waals surface area contributed by atoms with Crippen molar-refractivity contribution in [1.82, 2.24) is 0 Å². The number of methoxy groups -OCH3 is 2. The van der Waals surface area contributed by atoms with E-state index < -0.39 is 29.5 Å². The van der Waals surface area contributed by atoms with Gasteiger partial charge in [0.05, 0.1) is 14.2 Å². The second-order valence-corrected chi connectivity index (χ2v) is 12.9. The third kappa shape index (κ3) is 10.8. The lowest BCUT2D eigenvalue weighted by Gasteiger charge is -2.37. The second-order valence-electron chi connectivity index (χ2n) is 12.9. The quantitative estimate of drug-likeness (QED) is 0.188. The first-order valence-electron chi connectivity index (χ1n) is 14.5. The van der Waals surface area contributed by atoms with Crippen LogP contribution in [0.5, 0.6) is 0 Å². The lowest BCUT2D eigenvalue weighted by molar-refractivity contribution is -0.277. The SMILES string of the molecule is C=C(C)C(=O)OC.C=C(C)C(=O)OC.CC(O)(C1CC2CCC1C2)C(F)(F)F.CC(O)(CC1CC2CCC1C2)C(F)(F)F. The fourth-order valence-corrected chi connectivity index (χ4v) is 6.74. The highest BCUT2D eigenvalue weighted by molar-refractivity contribution is 5.87. The van der Waals surface area contributed by atoms with Crippen molar-refractivity contribution in [2.75, 3.05) is 14.2 Å². The molecule has 43 heavy (non-hydrogen) atoms. The molecule has 8 atom stereocenters. The topological polar surface area (TPSA) is 93.1 Å². The smallest absolute Gasteiger partial charge is 0.417 e. The van der Waals surface area contributed by atoms with E-state index in [0.29, 0.717) is 35.3 Å². The van der Waals surface area contributed by atoms with Crippen molar-refractivity contribution >= 4 is 11.9 Å². The molecule has 0 aromatic carbocycles. The third-order valence-electron chi connectivity index (χ3n) is 9.26. The van der Waals surface area contributed by atoms with Gasteiger partial charge in [-0.3, -0.25) is 0 Å². The number of hydrogen-bond donors (Lipinski definition) is 2. The second kappa shape index (κ2) is 15.3. The molecule has 2 N–H and O–H groups in total. The van der Waals surface area contributed by atoms with Gasteiger partial charge < -0.3 is 19.7 Å². The van der Waals surface area contributed by atoms with Crippen LogP contribution < -0.4 is 0 Å². The van der Waals surface area contributed by atoms with Crippen LogP contribution >= 0.6 is 0 Å². The zero-order valence-electron chi connectivity index (χ0n) is 26.0. The van der Waals surface area contributed by atoms with Gasteiger partial charge in [0.2, 0.25) is 0 Å². The van der Waals surface area contributed by atoms with E-state index in [1.54, 1.807) is 13.8 Å². The summed E-state index contributed by atoms with van der Waals surface area (Å²) in [6.07, 6.45) is -1.53. The molecule has 250 valence electrons. The Bertz CT molecular complexity index is 945. The molecule has 0 spiro atoms. The van der Waals surface area contributed by atoms with Crippen LogP contribution in [0.25, 0.3) is 0 Å². The zero-order chi connectivity index (χ0) is 33.6. The normalized spacial score (nSPS) is 29.7. The number of esters is 2. The molecule has 4 saturated carbocycles. The summed E-state index contributed by atoms with van der Waals surface area (Å²) in [6.45, 7) is 11.7. The fraction of sp³-hybridized carbons (Fsp3) is 0.806. The molecule has 0 radical (unpaired) electrons. The van der Waals surface area contributed by atoms with Crippen LogP contribution in [0.3, 0.4) is 0 Å². The van der Waals surface area contributed by atoms with E-state index in [0.717, 1.165) is 52.4 Å². The summed E-state index contributed by atoms with van der Waals surface area (Å²) in [6, 6.07) is 0. The predicted molar refractivity (Wildman–Crippen MR) is 150 cm³/mol. The summed E-state index contributed by atoms with van der Waals surface area (Å²) >= 11 is 0. The molecule has 0 aliphatic heterocycles. The Hall–Kier alpha value is -2.08. The van der Waals surface area contributed by atoms with Crippen LogP contribution in [0.2, 0.25) is 0 Å². The van der Waals surface area contributed by atoms with E-state index in [2.05, 4.69) is 22.6 Å². The largest absolute Gasteiger partial charge is 0.466 e. The van der Waals surface area contributed by atoms with Crippen LogP contribution in [-0.2, 0) is 19.1 Å². The van der Waals surface area contributed by atoms with Crippen LogP contribution in [0.4, 0.5) is 26.3 Å². The minimum absolute atomic E-state index is 0.0837. The number of carbonyl (C=O) groups is 2. The zero-order valence-corrected chi connectivity index (χ0v) is 26.0.